The van der Waals surface area contributed by atoms with Gasteiger partial charge >= 0.3 is 0 Å². The van der Waals surface area contributed by atoms with Crippen molar-refractivity contribution in [3.05, 3.63) is 60.2 Å². The molecule has 0 saturated heterocycles. The number of hydrogen-bond donors (Lipinski definition) is 3. The number of carbonyl (C=O) groups excluding carboxylic acids is 2. The molecule has 0 saturated carbocycles. The van der Waals surface area contributed by atoms with E-state index in [0.29, 0.717) is 11.4 Å². The largest absolute Gasteiger partial charge is 0.497 e. The molecule has 0 spiro atoms. The molecule has 2 amide bonds. The Labute approximate surface area is 166 Å². The van der Waals surface area contributed by atoms with Crippen LogP contribution in [0.3, 0.4) is 0 Å². The van der Waals surface area contributed by atoms with E-state index in [9.17, 15) is 9.59 Å². The van der Waals surface area contributed by atoms with Gasteiger partial charge in [-0.1, -0.05) is 49.7 Å². The molecular weight excluding hydrogens is 354 g/mol. The van der Waals surface area contributed by atoms with Gasteiger partial charge in [0.2, 0.25) is 0 Å². The number of amides is 2. The number of anilines is 1. The van der Waals surface area contributed by atoms with E-state index in [-0.39, 0.29) is 30.9 Å². The van der Waals surface area contributed by atoms with Gasteiger partial charge in [0.25, 0.3) is 11.8 Å². The van der Waals surface area contributed by atoms with Gasteiger partial charge in [-0.05, 0) is 24.1 Å². The summed E-state index contributed by atoms with van der Waals surface area (Å²) in [6, 6.07) is 17.2. The van der Waals surface area contributed by atoms with E-state index in [0.717, 1.165) is 23.3 Å². The molecular formula is C22H30N3O3+. The van der Waals surface area contributed by atoms with Gasteiger partial charge in [0.1, 0.15) is 5.75 Å². The average Bonchev–Trinajstić information content (AvgIpc) is 2.68. The summed E-state index contributed by atoms with van der Waals surface area (Å²) in [6.07, 6.45) is 1.86. The standard InChI is InChI=1S/C22H29N3O3/c1-4-9-20(17-10-6-5-7-11-17)24-22(27)16-25(2)15-21(26)23-18-12-8-13-19(14-18)28-3/h5-8,10-14,20H,4,9,15-16H2,1-3H3,(H,23,26)(H,24,27)/p+1/t20-/m0/s1. The van der Waals surface area contributed by atoms with Crippen molar-refractivity contribution in [3.8, 4) is 5.75 Å². The molecule has 0 aromatic heterocycles. The van der Waals surface area contributed by atoms with Crippen molar-refractivity contribution in [2.75, 3.05) is 32.6 Å². The molecule has 0 aliphatic carbocycles. The summed E-state index contributed by atoms with van der Waals surface area (Å²) >= 11 is 0. The highest BCUT2D eigenvalue weighted by molar-refractivity contribution is 5.91. The Morgan fingerprint density at radius 3 is 2.43 bits per heavy atom. The number of quaternary nitrogens is 1. The molecule has 0 aliphatic rings. The predicted octanol–water partition coefficient (Wildman–Crippen LogP) is 1.81. The minimum atomic E-state index is -0.147. The molecule has 0 radical (unpaired) electrons. The SMILES string of the molecule is CCC[C@H](NC(=O)C[NH+](C)CC(=O)Nc1cccc(OC)c1)c1ccccc1. The highest BCUT2D eigenvalue weighted by atomic mass is 16.5. The summed E-state index contributed by atoms with van der Waals surface area (Å²) in [5.74, 6) is 0.474. The maximum absolute atomic E-state index is 12.5. The molecule has 150 valence electrons. The minimum Gasteiger partial charge on any atom is -0.497 e. The van der Waals surface area contributed by atoms with Crippen LogP contribution in [0.25, 0.3) is 0 Å². The lowest BCUT2D eigenvalue weighted by molar-refractivity contribution is -0.862. The van der Waals surface area contributed by atoms with Gasteiger partial charge in [0.15, 0.2) is 13.1 Å². The summed E-state index contributed by atoms with van der Waals surface area (Å²) in [5.41, 5.74) is 1.78. The van der Waals surface area contributed by atoms with Gasteiger partial charge in [-0.15, -0.1) is 0 Å². The first-order valence-electron chi connectivity index (χ1n) is 9.61. The highest BCUT2D eigenvalue weighted by Crippen LogP contribution is 2.18. The molecule has 2 atom stereocenters. The van der Waals surface area contributed by atoms with Crippen LogP contribution in [0.4, 0.5) is 5.69 Å². The van der Waals surface area contributed by atoms with Crippen LogP contribution in [0.2, 0.25) is 0 Å². The summed E-state index contributed by atoms with van der Waals surface area (Å²) in [5, 5.41) is 5.93. The first kappa shape index (κ1) is 21.4. The number of hydrogen-bond acceptors (Lipinski definition) is 3. The molecule has 2 aromatic carbocycles. The fourth-order valence-corrected chi connectivity index (χ4v) is 3.06. The van der Waals surface area contributed by atoms with Crippen molar-refractivity contribution in [1.29, 1.82) is 0 Å². The average molecular weight is 385 g/mol. The third-order valence-corrected chi connectivity index (χ3v) is 4.39. The zero-order chi connectivity index (χ0) is 20.4. The third-order valence-electron chi connectivity index (χ3n) is 4.39. The summed E-state index contributed by atoms with van der Waals surface area (Å²) in [4.78, 5) is 25.5. The maximum atomic E-state index is 12.5. The van der Waals surface area contributed by atoms with E-state index in [2.05, 4.69) is 17.6 Å². The quantitative estimate of drug-likeness (QED) is 0.585. The fraction of sp³-hybridized carbons (Fsp3) is 0.364. The second kappa shape index (κ2) is 11.1. The van der Waals surface area contributed by atoms with Crippen molar-refractivity contribution in [3.63, 3.8) is 0 Å². The van der Waals surface area contributed by atoms with E-state index < -0.39 is 0 Å². The lowest BCUT2D eigenvalue weighted by atomic mass is 10.0. The van der Waals surface area contributed by atoms with Crippen LogP contribution in [0.15, 0.2) is 54.6 Å². The third kappa shape index (κ3) is 7.04. The lowest BCUT2D eigenvalue weighted by Gasteiger charge is -2.20. The Balaban J connectivity index is 1.84. The van der Waals surface area contributed by atoms with Gasteiger partial charge in [-0.2, -0.15) is 0 Å². The number of likely N-dealkylation sites (N-methyl/N-ethyl adjacent to an activating group) is 1. The highest BCUT2D eigenvalue weighted by Gasteiger charge is 2.18. The molecule has 3 N–H and O–H groups in total. The number of methoxy groups -OCH3 is 1. The molecule has 0 bridgehead atoms. The van der Waals surface area contributed by atoms with E-state index in [4.69, 9.17) is 4.74 Å². The van der Waals surface area contributed by atoms with Crippen LogP contribution in [0, 0.1) is 0 Å². The first-order valence-corrected chi connectivity index (χ1v) is 9.61. The molecule has 0 heterocycles. The van der Waals surface area contributed by atoms with Gasteiger partial charge in [-0.3, -0.25) is 9.59 Å². The van der Waals surface area contributed by atoms with Gasteiger partial charge in [0, 0.05) is 11.8 Å². The second-order valence-electron chi connectivity index (χ2n) is 6.91. The van der Waals surface area contributed by atoms with Crippen molar-refractivity contribution in [1.82, 2.24) is 5.32 Å². The van der Waals surface area contributed by atoms with Crippen LogP contribution in [-0.2, 0) is 9.59 Å². The summed E-state index contributed by atoms with van der Waals surface area (Å²) in [7, 11) is 3.42. The van der Waals surface area contributed by atoms with Crippen molar-refractivity contribution in [2.45, 2.75) is 25.8 Å². The first-order chi connectivity index (χ1) is 13.5. The number of nitrogens with one attached hydrogen (secondary N) is 3. The fourth-order valence-electron chi connectivity index (χ4n) is 3.06. The Hall–Kier alpha value is -2.86. The van der Waals surface area contributed by atoms with Crippen LogP contribution in [0.5, 0.6) is 5.75 Å². The van der Waals surface area contributed by atoms with E-state index in [1.54, 1.807) is 19.2 Å². The molecule has 6 nitrogen and oxygen atoms in total. The zero-order valence-electron chi connectivity index (χ0n) is 16.8. The summed E-state index contributed by atoms with van der Waals surface area (Å²) in [6.45, 7) is 2.54. The number of ether oxygens (including phenoxy) is 1. The van der Waals surface area contributed by atoms with Crippen LogP contribution < -0.4 is 20.3 Å². The van der Waals surface area contributed by atoms with Gasteiger partial charge in [-0.25, -0.2) is 0 Å². The number of rotatable bonds is 10. The Morgan fingerprint density at radius 2 is 1.75 bits per heavy atom. The van der Waals surface area contributed by atoms with E-state index in [1.807, 2.05) is 49.5 Å². The van der Waals surface area contributed by atoms with Gasteiger partial charge in [0.05, 0.1) is 20.2 Å². The predicted molar refractivity (Wildman–Crippen MR) is 110 cm³/mol. The van der Waals surface area contributed by atoms with Gasteiger partial charge < -0.3 is 20.3 Å². The van der Waals surface area contributed by atoms with Crippen LogP contribution >= 0.6 is 0 Å². The van der Waals surface area contributed by atoms with Crippen molar-refractivity contribution in [2.24, 2.45) is 0 Å². The Morgan fingerprint density at radius 1 is 1.04 bits per heavy atom. The molecule has 6 heteroatoms. The molecule has 0 aliphatic heterocycles. The monoisotopic (exact) mass is 384 g/mol. The number of carbonyl (C=O) groups is 2. The van der Waals surface area contributed by atoms with E-state index >= 15 is 0 Å². The normalized spacial score (nSPS) is 12.7. The molecule has 2 rings (SSSR count). The van der Waals surface area contributed by atoms with Crippen LogP contribution in [-0.4, -0.2) is 39.1 Å². The van der Waals surface area contributed by atoms with Crippen molar-refractivity contribution < 1.29 is 19.2 Å². The second-order valence-corrected chi connectivity index (χ2v) is 6.91. The zero-order valence-corrected chi connectivity index (χ0v) is 16.8. The smallest absolute Gasteiger partial charge is 0.279 e. The van der Waals surface area contributed by atoms with Crippen molar-refractivity contribution >= 4 is 17.5 Å². The molecule has 2 aromatic rings. The Kier molecular flexibility index (Phi) is 8.49. The van der Waals surface area contributed by atoms with E-state index in [1.165, 1.54) is 0 Å². The summed E-state index contributed by atoms with van der Waals surface area (Å²) < 4.78 is 5.15. The molecule has 0 fully saturated rings. The van der Waals surface area contributed by atoms with Crippen LogP contribution in [0.1, 0.15) is 31.4 Å². The maximum Gasteiger partial charge on any atom is 0.279 e. The molecule has 1 unspecified atom stereocenters. The Bertz CT molecular complexity index is 765. The lowest BCUT2D eigenvalue weighted by Crippen LogP contribution is -3.11. The number of benzene rings is 2. The minimum absolute atomic E-state index is 0.00268. The topological polar surface area (TPSA) is 71.9 Å². The molecule has 28 heavy (non-hydrogen) atoms.